The van der Waals surface area contributed by atoms with E-state index in [4.69, 9.17) is 0 Å². The number of aryl methyl sites for hydroxylation is 1. The van der Waals surface area contributed by atoms with Crippen molar-refractivity contribution in [1.82, 2.24) is 14.1 Å². The zero-order chi connectivity index (χ0) is 16.0. The van der Waals surface area contributed by atoms with Crippen LogP contribution < -0.4 is 11.2 Å². The van der Waals surface area contributed by atoms with E-state index in [2.05, 4.69) is 20.9 Å². The number of fused-ring (bicyclic) bond motifs is 1. The molecular weight excluding hydrogens is 360 g/mol. The highest BCUT2D eigenvalue weighted by Crippen LogP contribution is 2.15. The minimum atomic E-state index is -1.02. The van der Waals surface area contributed by atoms with Gasteiger partial charge in [0.2, 0.25) is 0 Å². The minimum absolute atomic E-state index is 0.137. The van der Waals surface area contributed by atoms with Gasteiger partial charge < -0.3 is 4.98 Å². The summed E-state index contributed by atoms with van der Waals surface area (Å²) in [7, 11) is 1.52. The Labute approximate surface area is 130 Å². The van der Waals surface area contributed by atoms with Gasteiger partial charge >= 0.3 is 5.69 Å². The van der Waals surface area contributed by atoms with Gasteiger partial charge in [0.1, 0.15) is 5.65 Å². The minimum Gasteiger partial charge on any atom is -0.335 e. The summed E-state index contributed by atoms with van der Waals surface area (Å²) in [5, 5.41) is 0.330. The van der Waals surface area contributed by atoms with Crippen LogP contribution >= 0.6 is 15.9 Å². The third-order valence-electron chi connectivity index (χ3n) is 3.42. The average molecular weight is 370 g/mol. The van der Waals surface area contributed by atoms with Crippen molar-refractivity contribution in [2.24, 2.45) is 7.05 Å². The third-order valence-corrected chi connectivity index (χ3v) is 3.84. The summed E-state index contributed by atoms with van der Waals surface area (Å²) in [5.74, 6) is -2.00. The fourth-order valence-electron chi connectivity index (χ4n) is 2.31. The Bertz CT molecular complexity index is 1000. The molecule has 0 fully saturated rings. The Morgan fingerprint density at radius 1 is 1.18 bits per heavy atom. The van der Waals surface area contributed by atoms with Crippen LogP contribution in [0.15, 0.2) is 38.5 Å². The summed E-state index contributed by atoms with van der Waals surface area (Å²) in [6, 6.07) is 4.84. The Kier molecular flexibility index (Phi) is 3.48. The molecule has 22 heavy (non-hydrogen) atoms. The fourth-order valence-corrected chi connectivity index (χ4v) is 2.72. The molecule has 2 aromatic heterocycles. The number of hydrogen-bond donors (Lipinski definition) is 1. The largest absolute Gasteiger partial charge is 0.335 e. The quantitative estimate of drug-likeness (QED) is 0.751. The highest BCUT2D eigenvalue weighted by molar-refractivity contribution is 9.10. The number of H-pyrrole nitrogens is 1. The van der Waals surface area contributed by atoms with Crippen molar-refractivity contribution in [3.8, 4) is 0 Å². The Hall–Kier alpha value is -2.22. The number of nitrogens with zero attached hydrogens (tertiary/aromatic N) is 2. The van der Waals surface area contributed by atoms with E-state index in [0.717, 1.165) is 16.7 Å². The monoisotopic (exact) mass is 369 g/mol. The molecule has 0 bridgehead atoms. The van der Waals surface area contributed by atoms with Crippen LogP contribution in [-0.2, 0) is 13.6 Å². The van der Waals surface area contributed by atoms with Crippen LogP contribution in [-0.4, -0.2) is 14.1 Å². The molecule has 0 aliphatic rings. The van der Waals surface area contributed by atoms with Gasteiger partial charge in [0, 0.05) is 7.05 Å². The van der Waals surface area contributed by atoms with Crippen molar-refractivity contribution in [1.29, 1.82) is 0 Å². The first kappa shape index (κ1) is 14.7. The second-order valence-corrected chi connectivity index (χ2v) is 5.72. The van der Waals surface area contributed by atoms with Gasteiger partial charge in [-0.2, -0.15) is 0 Å². The lowest BCUT2D eigenvalue weighted by Crippen LogP contribution is -2.39. The van der Waals surface area contributed by atoms with Crippen LogP contribution in [0, 0.1) is 11.6 Å². The average Bonchev–Trinajstić information content (AvgIpc) is 2.87. The van der Waals surface area contributed by atoms with E-state index in [1.54, 1.807) is 6.07 Å². The predicted octanol–water partition coefficient (Wildman–Crippen LogP) is 2.12. The number of nitrogens with one attached hydrogen (secondary N) is 1. The Morgan fingerprint density at radius 3 is 2.59 bits per heavy atom. The molecule has 0 aliphatic heterocycles. The maximum Gasteiger partial charge on any atom is 0.332 e. The van der Waals surface area contributed by atoms with Gasteiger partial charge in [-0.25, -0.2) is 13.6 Å². The summed E-state index contributed by atoms with van der Waals surface area (Å²) in [6.45, 7) is -0.137. The van der Waals surface area contributed by atoms with Gasteiger partial charge in [0.25, 0.3) is 5.56 Å². The molecule has 0 aliphatic carbocycles. The lowest BCUT2D eigenvalue weighted by atomic mass is 10.2. The molecule has 5 nitrogen and oxygen atoms in total. The molecule has 3 aromatic rings. The highest BCUT2D eigenvalue weighted by atomic mass is 79.9. The summed E-state index contributed by atoms with van der Waals surface area (Å²) < 4.78 is 29.1. The van der Waals surface area contributed by atoms with Gasteiger partial charge in [-0.3, -0.25) is 13.9 Å². The van der Waals surface area contributed by atoms with Crippen LogP contribution in [0.25, 0.3) is 11.0 Å². The smallest absolute Gasteiger partial charge is 0.332 e. The van der Waals surface area contributed by atoms with Gasteiger partial charge in [-0.05, 0) is 39.7 Å². The lowest BCUT2D eigenvalue weighted by Gasteiger charge is -2.08. The first-order valence-corrected chi connectivity index (χ1v) is 7.09. The number of rotatable bonds is 2. The standard InChI is InChI=1S/C14H10BrF2N3O2/c1-19-12-8(5-11(15)18-12)13(21)20(14(19)22)6-7-2-3-9(16)10(17)4-7/h2-5,18H,6H2,1H3. The number of benzene rings is 1. The molecule has 8 heteroatoms. The zero-order valence-corrected chi connectivity index (χ0v) is 12.9. The van der Waals surface area contributed by atoms with Gasteiger partial charge in [0.15, 0.2) is 11.6 Å². The number of aromatic nitrogens is 3. The van der Waals surface area contributed by atoms with E-state index in [-0.39, 0.29) is 6.54 Å². The molecule has 3 rings (SSSR count). The van der Waals surface area contributed by atoms with Crippen LogP contribution in [0.4, 0.5) is 8.78 Å². The van der Waals surface area contributed by atoms with E-state index in [1.165, 1.54) is 17.7 Å². The normalized spacial score (nSPS) is 11.3. The number of aromatic amines is 1. The lowest BCUT2D eigenvalue weighted by molar-refractivity contribution is 0.506. The second kappa shape index (κ2) is 5.20. The Balaban J connectivity index is 2.20. The Morgan fingerprint density at radius 2 is 1.91 bits per heavy atom. The van der Waals surface area contributed by atoms with Crippen LogP contribution in [0.2, 0.25) is 0 Å². The molecule has 114 valence electrons. The summed E-state index contributed by atoms with van der Waals surface area (Å²) in [4.78, 5) is 27.6. The topological polar surface area (TPSA) is 59.8 Å². The molecule has 0 saturated carbocycles. The predicted molar refractivity (Wildman–Crippen MR) is 81.0 cm³/mol. The SMILES string of the molecule is Cn1c(=O)n(Cc2ccc(F)c(F)c2)c(=O)c2cc(Br)[nH]c21. The maximum absolute atomic E-state index is 13.3. The molecule has 1 aromatic carbocycles. The summed E-state index contributed by atoms with van der Waals surface area (Å²) in [5.41, 5.74) is -0.322. The summed E-state index contributed by atoms with van der Waals surface area (Å²) in [6.07, 6.45) is 0. The zero-order valence-electron chi connectivity index (χ0n) is 11.4. The van der Waals surface area contributed by atoms with Crippen LogP contribution in [0.3, 0.4) is 0 Å². The first-order chi connectivity index (χ1) is 10.4. The first-order valence-electron chi connectivity index (χ1n) is 6.30. The molecule has 0 spiro atoms. The summed E-state index contributed by atoms with van der Waals surface area (Å²) >= 11 is 3.22. The van der Waals surface area contributed by atoms with E-state index in [0.29, 0.717) is 21.2 Å². The third kappa shape index (κ3) is 2.29. The van der Waals surface area contributed by atoms with Crippen molar-refractivity contribution in [3.63, 3.8) is 0 Å². The van der Waals surface area contributed by atoms with Crippen LogP contribution in [0.5, 0.6) is 0 Å². The molecule has 0 unspecified atom stereocenters. The van der Waals surface area contributed by atoms with Gasteiger partial charge in [-0.15, -0.1) is 0 Å². The van der Waals surface area contributed by atoms with E-state index < -0.39 is 22.9 Å². The number of halogens is 3. The van der Waals surface area contributed by atoms with Crippen molar-refractivity contribution in [3.05, 3.63) is 66.9 Å². The molecule has 2 heterocycles. The van der Waals surface area contributed by atoms with E-state index in [9.17, 15) is 18.4 Å². The molecule has 1 N–H and O–H groups in total. The van der Waals surface area contributed by atoms with Crippen molar-refractivity contribution < 1.29 is 8.78 Å². The molecule has 0 radical (unpaired) electrons. The van der Waals surface area contributed by atoms with Crippen LogP contribution in [0.1, 0.15) is 5.56 Å². The van der Waals surface area contributed by atoms with Gasteiger partial charge in [0.05, 0.1) is 16.5 Å². The molecule has 0 atom stereocenters. The fraction of sp³-hybridized carbons (Fsp3) is 0.143. The molecule has 0 saturated heterocycles. The van der Waals surface area contributed by atoms with Crippen molar-refractivity contribution in [2.45, 2.75) is 6.54 Å². The van der Waals surface area contributed by atoms with E-state index in [1.807, 2.05) is 0 Å². The highest BCUT2D eigenvalue weighted by Gasteiger charge is 2.14. The van der Waals surface area contributed by atoms with Gasteiger partial charge in [-0.1, -0.05) is 6.07 Å². The second-order valence-electron chi connectivity index (χ2n) is 4.86. The van der Waals surface area contributed by atoms with Crippen molar-refractivity contribution >= 4 is 27.0 Å². The number of hydrogen-bond acceptors (Lipinski definition) is 2. The van der Waals surface area contributed by atoms with Crippen molar-refractivity contribution in [2.75, 3.05) is 0 Å². The molecule has 0 amide bonds. The maximum atomic E-state index is 13.3. The van der Waals surface area contributed by atoms with E-state index >= 15 is 0 Å². The molecular formula is C14H10BrF2N3O2.